The largest absolute Gasteiger partial charge is 0.494 e. The third-order valence-electron chi connectivity index (χ3n) is 5.30. The third-order valence-corrected chi connectivity index (χ3v) is 5.30. The zero-order valence-corrected chi connectivity index (χ0v) is 21.1. The molecular weight excluding hydrogens is 462 g/mol. The van der Waals surface area contributed by atoms with E-state index >= 15 is 0 Å². The SMILES string of the molecule is CCCN(CCC)C(=O)c1ccc(OCCCCCOc2ccc(C(=N)N)cc2)cc1OCC(=O)O. The minimum absolute atomic E-state index is 0.0262. The summed E-state index contributed by atoms with van der Waals surface area (Å²) in [5, 5.41) is 16.4. The number of nitrogens with zero attached hydrogens (tertiary/aromatic N) is 1. The highest BCUT2D eigenvalue weighted by Crippen LogP contribution is 2.27. The Morgan fingerprint density at radius 3 is 2.03 bits per heavy atom. The molecule has 0 bridgehead atoms. The van der Waals surface area contributed by atoms with E-state index in [1.807, 2.05) is 13.8 Å². The van der Waals surface area contributed by atoms with Crippen molar-refractivity contribution in [3.8, 4) is 17.2 Å². The van der Waals surface area contributed by atoms with E-state index < -0.39 is 12.6 Å². The molecule has 0 saturated carbocycles. The van der Waals surface area contributed by atoms with Gasteiger partial charge in [0.2, 0.25) is 0 Å². The molecule has 0 aliphatic carbocycles. The average Bonchev–Trinajstić information content (AvgIpc) is 2.86. The fraction of sp³-hybridized carbons (Fsp3) is 0.444. The Hall–Kier alpha value is -3.75. The molecule has 2 aromatic carbocycles. The van der Waals surface area contributed by atoms with Gasteiger partial charge < -0.3 is 30.0 Å². The second kappa shape index (κ2) is 15.3. The summed E-state index contributed by atoms with van der Waals surface area (Å²) in [6.07, 6.45) is 4.21. The third kappa shape index (κ3) is 9.48. The first-order valence-electron chi connectivity index (χ1n) is 12.3. The normalized spacial score (nSPS) is 10.5. The molecule has 0 heterocycles. The number of hydrogen-bond acceptors (Lipinski definition) is 6. The zero-order valence-electron chi connectivity index (χ0n) is 21.1. The number of carbonyl (C=O) groups excluding carboxylic acids is 1. The van der Waals surface area contributed by atoms with Crippen LogP contribution in [0.25, 0.3) is 0 Å². The molecule has 1 amide bonds. The Bertz CT molecular complexity index is 988. The van der Waals surface area contributed by atoms with Gasteiger partial charge in [-0.3, -0.25) is 10.2 Å². The number of carboxylic acids is 1. The van der Waals surface area contributed by atoms with E-state index in [1.54, 1.807) is 47.4 Å². The number of rotatable bonds is 17. The number of benzene rings is 2. The van der Waals surface area contributed by atoms with Crippen molar-refractivity contribution in [3.63, 3.8) is 0 Å². The summed E-state index contributed by atoms with van der Waals surface area (Å²) >= 11 is 0. The molecule has 4 N–H and O–H groups in total. The van der Waals surface area contributed by atoms with Gasteiger partial charge in [-0.2, -0.15) is 0 Å². The number of ether oxygens (including phenoxy) is 3. The Morgan fingerprint density at radius 2 is 1.47 bits per heavy atom. The molecule has 9 nitrogen and oxygen atoms in total. The Labute approximate surface area is 212 Å². The maximum Gasteiger partial charge on any atom is 0.341 e. The molecule has 0 unspecified atom stereocenters. The van der Waals surface area contributed by atoms with Crippen molar-refractivity contribution in [2.75, 3.05) is 32.9 Å². The number of amides is 1. The second-order valence-electron chi connectivity index (χ2n) is 8.33. The summed E-state index contributed by atoms with van der Waals surface area (Å²) in [5.74, 6) is 0.194. The van der Waals surface area contributed by atoms with Crippen LogP contribution >= 0.6 is 0 Å². The molecule has 0 spiro atoms. The molecule has 2 aromatic rings. The van der Waals surface area contributed by atoms with Crippen LogP contribution in [0.5, 0.6) is 17.2 Å². The average molecular weight is 500 g/mol. The van der Waals surface area contributed by atoms with Crippen molar-refractivity contribution < 1.29 is 28.9 Å². The molecule has 0 radical (unpaired) electrons. The molecule has 36 heavy (non-hydrogen) atoms. The van der Waals surface area contributed by atoms with Gasteiger partial charge in [-0.25, -0.2) is 4.79 Å². The monoisotopic (exact) mass is 499 g/mol. The van der Waals surface area contributed by atoms with Gasteiger partial charge in [0.05, 0.1) is 18.8 Å². The highest BCUT2D eigenvalue weighted by molar-refractivity contribution is 5.97. The molecule has 9 heteroatoms. The molecule has 196 valence electrons. The van der Waals surface area contributed by atoms with Crippen LogP contribution in [0.1, 0.15) is 61.9 Å². The number of nitrogens with two attached hydrogens (primary N) is 1. The molecular formula is C27H37N3O6. The number of unbranched alkanes of at least 4 members (excludes halogenated alkanes) is 2. The van der Waals surface area contributed by atoms with Crippen LogP contribution in [-0.4, -0.2) is 60.6 Å². The van der Waals surface area contributed by atoms with Gasteiger partial charge in [-0.1, -0.05) is 13.8 Å². The second-order valence-corrected chi connectivity index (χ2v) is 8.33. The number of carbonyl (C=O) groups is 2. The lowest BCUT2D eigenvalue weighted by molar-refractivity contribution is -0.139. The van der Waals surface area contributed by atoms with Crippen LogP contribution in [0.2, 0.25) is 0 Å². The Balaban J connectivity index is 1.85. The van der Waals surface area contributed by atoms with Crippen molar-refractivity contribution in [2.24, 2.45) is 5.73 Å². The van der Waals surface area contributed by atoms with E-state index in [2.05, 4.69) is 0 Å². The maximum atomic E-state index is 13.0. The number of nitrogen functional groups attached to an aromatic ring is 1. The molecule has 0 atom stereocenters. The molecule has 0 saturated heterocycles. The van der Waals surface area contributed by atoms with Crippen LogP contribution in [0.4, 0.5) is 0 Å². The first kappa shape index (κ1) is 28.5. The number of hydrogen-bond donors (Lipinski definition) is 3. The number of aliphatic carboxylic acids is 1. The minimum atomic E-state index is -1.12. The van der Waals surface area contributed by atoms with Crippen LogP contribution in [0.15, 0.2) is 42.5 Å². The van der Waals surface area contributed by atoms with Crippen molar-refractivity contribution in [2.45, 2.75) is 46.0 Å². The summed E-state index contributed by atoms with van der Waals surface area (Å²) in [5.41, 5.74) is 6.44. The lowest BCUT2D eigenvalue weighted by atomic mass is 10.1. The first-order valence-corrected chi connectivity index (χ1v) is 12.3. The van der Waals surface area contributed by atoms with Crippen LogP contribution in [0, 0.1) is 5.41 Å². The number of nitrogens with one attached hydrogen (secondary N) is 1. The highest BCUT2D eigenvalue weighted by atomic mass is 16.5. The molecule has 0 aliphatic rings. The number of carboxylic acid groups (broad SMARTS) is 1. The summed E-state index contributed by atoms with van der Waals surface area (Å²) in [6.45, 7) is 5.75. The Kier molecular flexibility index (Phi) is 12.1. The topological polar surface area (TPSA) is 135 Å². The van der Waals surface area contributed by atoms with E-state index in [-0.39, 0.29) is 17.5 Å². The highest BCUT2D eigenvalue weighted by Gasteiger charge is 2.20. The van der Waals surface area contributed by atoms with Gasteiger partial charge in [0, 0.05) is 24.7 Å². The lowest BCUT2D eigenvalue weighted by Crippen LogP contribution is -2.33. The Morgan fingerprint density at radius 1 is 0.889 bits per heavy atom. The summed E-state index contributed by atoms with van der Waals surface area (Å²) in [4.78, 5) is 25.8. The van der Waals surface area contributed by atoms with Crippen molar-refractivity contribution >= 4 is 17.7 Å². The van der Waals surface area contributed by atoms with E-state index in [4.69, 9.17) is 30.5 Å². The minimum Gasteiger partial charge on any atom is -0.494 e. The quantitative estimate of drug-likeness (QED) is 0.167. The van der Waals surface area contributed by atoms with Crippen LogP contribution < -0.4 is 19.9 Å². The van der Waals surface area contributed by atoms with E-state index in [1.165, 1.54) is 0 Å². The molecule has 2 rings (SSSR count). The predicted molar refractivity (Wildman–Crippen MR) is 138 cm³/mol. The molecule has 0 aliphatic heterocycles. The van der Waals surface area contributed by atoms with Crippen molar-refractivity contribution in [1.29, 1.82) is 5.41 Å². The van der Waals surface area contributed by atoms with E-state index in [0.29, 0.717) is 43.2 Å². The lowest BCUT2D eigenvalue weighted by Gasteiger charge is -2.23. The smallest absolute Gasteiger partial charge is 0.341 e. The van der Waals surface area contributed by atoms with Gasteiger partial charge in [0.15, 0.2) is 6.61 Å². The van der Waals surface area contributed by atoms with Gasteiger partial charge in [-0.05, 0) is 68.5 Å². The summed E-state index contributed by atoms with van der Waals surface area (Å²) < 4.78 is 16.9. The van der Waals surface area contributed by atoms with Gasteiger partial charge >= 0.3 is 5.97 Å². The van der Waals surface area contributed by atoms with Gasteiger partial charge in [-0.15, -0.1) is 0 Å². The van der Waals surface area contributed by atoms with E-state index in [0.717, 1.165) is 37.9 Å². The van der Waals surface area contributed by atoms with Crippen molar-refractivity contribution in [1.82, 2.24) is 4.90 Å². The first-order chi connectivity index (χ1) is 17.3. The fourth-order valence-electron chi connectivity index (χ4n) is 3.54. The van der Waals surface area contributed by atoms with E-state index in [9.17, 15) is 9.59 Å². The standard InChI is InChI=1S/C27H37N3O6/c1-3-14-30(15-4-2)27(33)23-13-12-22(18-24(23)36-19-25(31)32)35-17-7-5-6-16-34-21-10-8-20(9-11-21)26(28)29/h8-13,18H,3-7,14-17,19H2,1-2H3,(H3,28,29)(H,31,32). The maximum absolute atomic E-state index is 13.0. The summed E-state index contributed by atoms with van der Waals surface area (Å²) in [7, 11) is 0. The molecule has 0 aromatic heterocycles. The van der Waals surface area contributed by atoms with Gasteiger partial charge in [0.25, 0.3) is 5.91 Å². The predicted octanol–water partition coefficient (Wildman–Crippen LogP) is 4.32. The summed E-state index contributed by atoms with van der Waals surface area (Å²) in [6, 6.07) is 12.0. The van der Waals surface area contributed by atoms with Crippen molar-refractivity contribution in [3.05, 3.63) is 53.6 Å². The molecule has 0 fully saturated rings. The fourth-order valence-corrected chi connectivity index (χ4v) is 3.54. The number of amidine groups is 1. The van der Waals surface area contributed by atoms with Crippen LogP contribution in [-0.2, 0) is 4.79 Å². The van der Waals surface area contributed by atoms with Gasteiger partial charge in [0.1, 0.15) is 23.1 Å². The van der Waals surface area contributed by atoms with Crippen LogP contribution in [0.3, 0.4) is 0 Å². The zero-order chi connectivity index (χ0) is 26.3.